The molecule has 2 aromatic rings. The van der Waals surface area contributed by atoms with Gasteiger partial charge in [-0.3, -0.25) is 0 Å². The summed E-state index contributed by atoms with van der Waals surface area (Å²) in [7, 11) is 0. The monoisotopic (exact) mass is 371 g/mol. The second kappa shape index (κ2) is 5.56. The molecule has 0 fully saturated rings. The molecule has 0 aliphatic rings. The maximum atomic E-state index is 9.72. The maximum absolute atomic E-state index is 9.72. The van der Waals surface area contributed by atoms with Crippen LogP contribution in [0.5, 0.6) is 17.2 Å². The zero-order valence-corrected chi connectivity index (χ0v) is 12.5. The van der Waals surface area contributed by atoms with Gasteiger partial charge in [-0.2, -0.15) is 0 Å². The smallest absolute Gasteiger partial charge is 0.200 e. The molecular weight excluding hydrogens is 357 g/mol. The van der Waals surface area contributed by atoms with Crippen molar-refractivity contribution in [3.05, 3.63) is 45.0 Å². The first-order valence-corrected chi connectivity index (χ1v) is 6.79. The molecule has 0 unspecified atom stereocenters. The number of aromatic hydroxyl groups is 3. The molecule has 19 heavy (non-hydrogen) atoms. The van der Waals surface area contributed by atoms with Crippen LogP contribution in [0.2, 0.25) is 0 Å². The Balaban J connectivity index is 2.17. The van der Waals surface area contributed by atoms with Gasteiger partial charge < -0.3 is 20.6 Å². The number of nitrogens with one attached hydrogen (secondary N) is 1. The van der Waals surface area contributed by atoms with E-state index in [1.54, 1.807) is 6.07 Å². The van der Waals surface area contributed by atoms with Gasteiger partial charge in [0.15, 0.2) is 11.5 Å². The molecule has 0 saturated heterocycles. The van der Waals surface area contributed by atoms with Crippen LogP contribution in [0.15, 0.2) is 30.3 Å². The fourth-order valence-corrected chi connectivity index (χ4v) is 2.42. The number of phenolic OH excluding ortho intramolecular Hbond substituents is 3. The lowest BCUT2D eigenvalue weighted by molar-refractivity contribution is 0.365. The summed E-state index contributed by atoms with van der Waals surface area (Å²) in [5.74, 6) is -1.11. The van der Waals surface area contributed by atoms with Gasteiger partial charge in [0, 0.05) is 21.4 Å². The third-order valence-corrected chi connectivity index (χ3v) is 3.54. The van der Waals surface area contributed by atoms with Crippen LogP contribution in [0.4, 0.5) is 5.69 Å². The normalized spacial score (nSPS) is 10.4. The molecule has 0 atom stereocenters. The zero-order valence-electron chi connectivity index (χ0n) is 10.3. The van der Waals surface area contributed by atoms with Crippen LogP contribution in [0.25, 0.3) is 0 Å². The number of hydrogen-bond acceptors (Lipinski definition) is 4. The Bertz CT molecular complexity index is 614. The molecule has 100 valence electrons. The molecule has 0 radical (unpaired) electrons. The first-order valence-electron chi connectivity index (χ1n) is 5.72. The largest absolute Gasteiger partial charge is 0.504 e. The van der Waals surface area contributed by atoms with Gasteiger partial charge in [-0.25, -0.2) is 0 Å². The number of aryl methyl sites for hydroxylation is 1. The molecule has 0 aliphatic heterocycles. The highest BCUT2D eigenvalue weighted by molar-refractivity contribution is 14.1. The second-order valence-electron chi connectivity index (χ2n) is 4.25. The Hall–Kier alpha value is -1.63. The Morgan fingerprint density at radius 3 is 2.47 bits per heavy atom. The Labute approximate surface area is 124 Å². The summed E-state index contributed by atoms with van der Waals surface area (Å²) in [4.78, 5) is 0. The van der Waals surface area contributed by atoms with Gasteiger partial charge in [0.25, 0.3) is 0 Å². The number of hydrogen-bond donors (Lipinski definition) is 4. The van der Waals surface area contributed by atoms with Gasteiger partial charge in [0.2, 0.25) is 5.75 Å². The Morgan fingerprint density at radius 1 is 1.05 bits per heavy atom. The minimum atomic E-state index is -0.487. The van der Waals surface area contributed by atoms with Crippen LogP contribution >= 0.6 is 22.6 Å². The highest BCUT2D eigenvalue weighted by atomic mass is 127. The Kier molecular flexibility index (Phi) is 4.04. The average molecular weight is 371 g/mol. The summed E-state index contributed by atoms with van der Waals surface area (Å²) in [6, 6.07) is 8.93. The van der Waals surface area contributed by atoms with Crippen molar-refractivity contribution in [1.29, 1.82) is 0 Å². The van der Waals surface area contributed by atoms with E-state index in [9.17, 15) is 15.3 Å². The maximum Gasteiger partial charge on any atom is 0.200 e. The van der Waals surface area contributed by atoms with Crippen molar-refractivity contribution in [2.24, 2.45) is 0 Å². The van der Waals surface area contributed by atoms with E-state index in [0.717, 1.165) is 14.8 Å². The van der Waals surface area contributed by atoms with Crippen LogP contribution < -0.4 is 5.32 Å². The van der Waals surface area contributed by atoms with Gasteiger partial charge in [-0.15, -0.1) is 0 Å². The quantitative estimate of drug-likeness (QED) is 0.494. The minimum absolute atomic E-state index is 0.296. The van der Waals surface area contributed by atoms with Gasteiger partial charge in [-0.1, -0.05) is 0 Å². The van der Waals surface area contributed by atoms with E-state index in [1.165, 1.54) is 6.07 Å². The summed E-state index contributed by atoms with van der Waals surface area (Å²) in [5.41, 5.74) is 2.59. The molecule has 4 N–H and O–H groups in total. The molecular formula is C14H14INO3. The lowest BCUT2D eigenvalue weighted by Crippen LogP contribution is -2.01. The molecule has 4 nitrogen and oxygen atoms in total. The fraction of sp³-hybridized carbons (Fsp3) is 0.143. The van der Waals surface area contributed by atoms with Crippen LogP contribution in [0, 0.1) is 10.5 Å². The summed E-state index contributed by atoms with van der Waals surface area (Å²) in [6.07, 6.45) is 0. The molecule has 2 rings (SSSR count). The molecule has 0 bridgehead atoms. The van der Waals surface area contributed by atoms with E-state index in [2.05, 4.69) is 34.0 Å². The molecule has 0 heterocycles. The van der Waals surface area contributed by atoms with Crippen LogP contribution in [0.3, 0.4) is 0 Å². The Morgan fingerprint density at radius 2 is 1.79 bits per heavy atom. The van der Waals surface area contributed by atoms with Crippen LogP contribution in [-0.2, 0) is 6.54 Å². The number of phenols is 3. The van der Waals surface area contributed by atoms with Crippen molar-refractivity contribution >= 4 is 28.3 Å². The lowest BCUT2D eigenvalue weighted by atomic mass is 10.1. The van der Waals surface area contributed by atoms with E-state index < -0.39 is 5.75 Å². The van der Waals surface area contributed by atoms with E-state index >= 15 is 0 Å². The summed E-state index contributed by atoms with van der Waals surface area (Å²) >= 11 is 2.25. The predicted octanol–water partition coefficient (Wildman–Crippen LogP) is 3.33. The number of benzene rings is 2. The highest BCUT2D eigenvalue weighted by Crippen LogP contribution is 2.37. The molecule has 0 aliphatic carbocycles. The van der Waals surface area contributed by atoms with E-state index in [1.807, 2.05) is 19.1 Å². The van der Waals surface area contributed by atoms with Gasteiger partial charge in [-0.05, 0) is 65.4 Å². The topological polar surface area (TPSA) is 72.7 Å². The first-order chi connectivity index (χ1) is 8.99. The van der Waals surface area contributed by atoms with E-state index in [-0.39, 0.29) is 11.5 Å². The van der Waals surface area contributed by atoms with Crippen molar-refractivity contribution in [3.8, 4) is 17.2 Å². The van der Waals surface area contributed by atoms with E-state index in [0.29, 0.717) is 12.1 Å². The number of halogens is 1. The highest BCUT2D eigenvalue weighted by Gasteiger charge is 2.10. The van der Waals surface area contributed by atoms with Crippen molar-refractivity contribution in [2.75, 3.05) is 5.32 Å². The predicted molar refractivity (Wildman–Crippen MR) is 82.7 cm³/mol. The van der Waals surface area contributed by atoms with Crippen molar-refractivity contribution < 1.29 is 15.3 Å². The molecule has 0 amide bonds. The average Bonchev–Trinajstić information content (AvgIpc) is 2.37. The number of rotatable bonds is 3. The van der Waals surface area contributed by atoms with Crippen molar-refractivity contribution in [3.63, 3.8) is 0 Å². The third kappa shape index (κ3) is 3.04. The standard InChI is InChI=1S/C14H14INO3/c1-8-6-10(15)3-4-11(8)16-7-9-2-5-12(17)14(19)13(9)18/h2-6,16-19H,7H2,1H3. The fourth-order valence-electron chi connectivity index (χ4n) is 1.77. The first kappa shape index (κ1) is 13.8. The molecule has 2 aromatic carbocycles. The zero-order chi connectivity index (χ0) is 14.0. The minimum Gasteiger partial charge on any atom is -0.504 e. The van der Waals surface area contributed by atoms with Crippen LogP contribution in [0.1, 0.15) is 11.1 Å². The molecule has 0 spiro atoms. The lowest BCUT2D eigenvalue weighted by Gasteiger charge is -2.12. The van der Waals surface area contributed by atoms with Crippen molar-refractivity contribution in [2.45, 2.75) is 13.5 Å². The second-order valence-corrected chi connectivity index (χ2v) is 5.50. The van der Waals surface area contributed by atoms with Gasteiger partial charge >= 0.3 is 0 Å². The third-order valence-electron chi connectivity index (χ3n) is 2.87. The van der Waals surface area contributed by atoms with Gasteiger partial charge in [0.1, 0.15) is 0 Å². The summed E-state index contributed by atoms with van der Waals surface area (Å²) < 4.78 is 1.16. The van der Waals surface area contributed by atoms with Crippen molar-refractivity contribution in [1.82, 2.24) is 0 Å². The SMILES string of the molecule is Cc1cc(I)ccc1NCc1ccc(O)c(O)c1O. The van der Waals surface area contributed by atoms with E-state index in [4.69, 9.17) is 0 Å². The summed E-state index contributed by atoms with van der Waals surface area (Å²) in [5, 5.41) is 31.6. The summed E-state index contributed by atoms with van der Waals surface area (Å²) in [6.45, 7) is 2.36. The number of anilines is 1. The molecule has 0 aromatic heterocycles. The molecule has 0 saturated carbocycles. The van der Waals surface area contributed by atoms with Gasteiger partial charge in [0.05, 0.1) is 0 Å². The molecule has 5 heteroatoms. The van der Waals surface area contributed by atoms with Crippen LogP contribution in [-0.4, -0.2) is 15.3 Å².